The van der Waals surface area contributed by atoms with Crippen molar-refractivity contribution in [1.29, 1.82) is 0 Å². The van der Waals surface area contributed by atoms with Crippen LogP contribution < -0.4 is 9.13 Å². The number of aromatic nitrogens is 3. The highest BCUT2D eigenvalue weighted by Gasteiger charge is 2.20. The Hall–Kier alpha value is -2.42. The first-order valence-corrected chi connectivity index (χ1v) is 7.15. The third-order valence-corrected chi connectivity index (χ3v) is 4.09. The quantitative estimate of drug-likeness (QED) is 0.639. The van der Waals surface area contributed by atoms with E-state index in [1.54, 1.807) is 0 Å². The van der Waals surface area contributed by atoms with Crippen molar-refractivity contribution < 1.29 is 9.13 Å². The van der Waals surface area contributed by atoms with Gasteiger partial charge in [0.25, 0.3) is 5.82 Å². The molecule has 0 saturated carbocycles. The minimum absolute atomic E-state index is 1.22. The molecular formula is C18H21N3+2. The van der Waals surface area contributed by atoms with Crippen molar-refractivity contribution in [2.24, 2.45) is 21.1 Å². The SMILES string of the molecule is Cc1c(-c2cccc[n+]2C)cccc1-c1n(C)cc[n+]1C. The fourth-order valence-corrected chi connectivity index (χ4v) is 2.93. The zero-order valence-corrected chi connectivity index (χ0v) is 13.0. The number of hydrogen-bond acceptors (Lipinski definition) is 0. The molecule has 3 aromatic rings. The van der Waals surface area contributed by atoms with E-state index in [0.29, 0.717) is 0 Å². The van der Waals surface area contributed by atoms with Crippen molar-refractivity contribution in [1.82, 2.24) is 4.57 Å². The molecular weight excluding hydrogens is 258 g/mol. The summed E-state index contributed by atoms with van der Waals surface area (Å²) in [5, 5.41) is 0. The Morgan fingerprint density at radius 2 is 1.62 bits per heavy atom. The van der Waals surface area contributed by atoms with Gasteiger partial charge in [-0.25, -0.2) is 13.7 Å². The molecule has 0 spiro atoms. The van der Waals surface area contributed by atoms with Crippen LogP contribution in [0, 0.1) is 6.92 Å². The van der Waals surface area contributed by atoms with E-state index in [1.807, 2.05) is 0 Å². The summed E-state index contributed by atoms with van der Waals surface area (Å²) in [5.41, 5.74) is 5.08. The Morgan fingerprint density at radius 3 is 2.29 bits per heavy atom. The first-order valence-electron chi connectivity index (χ1n) is 7.15. The van der Waals surface area contributed by atoms with Crippen molar-refractivity contribution in [2.45, 2.75) is 6.92 Å². The lowest BCUT2D eigenvalue weighted by Gasteiger charge is -2.08. The molecule has 0 N–H and O–H groups in total. The second-order valence-corrected chi connectivity index (χ2v) is 5.52. The van der Waals surface area contributed by atoms with Crippen LogP contribution in [0.2, 0.25) is 0 Å². The monoisotopic (exact) mass is 279 g/mol. The topological polar surface area (TPSA) is 12.7 Å². The summed E-state index contributed by atoms with van der Waals surface area (Å²) < 4.78 is 6.49. The van der Waals surface area contributed by atoms with E-state index in [4.69, 9.17) is 0 Å². The summed E-state index contributed by atoms with van der Waals surface area (Å²) in [6.45, 7) is 2.20. The lowest BCUT2D eigenvalue weighted by molar-refractivity contribution is -0.660. The molecule has 2 aromatic heterocycles. The highest BCUT2D eigenvalue weighted by atomic mass is 15.1. The highest BCUT2D eigenvalue weighted by molar-refractivity contribution is 5.71. The summed E-state index contributed by atoms with van der Waals surface area (Å²) in [4.78, 5) is 0. The van der Waals surface area contributed by atoms with Crippen LogP contribution >= 0.6 is 0 Å². The molecule has 0 aliphatic carbocycles. The van der Waals surface area contributed by atoms with E-state index in [1.165, 1.54) is 28.2 Å². The number of aryl methyl sites for hydroxylation is 3. The van der Waals surface area contributed by atoms with Crippen LogP contribution in [0.3, 0.4) is 0 Å². The van der Waals surface area contributed by atoms with Crippen LogP contribution in [0.1, 0.15) is 5.56 Å². The predicted molar refractivity (Wildman–Crippen MR) is 83.4 cm³/mol. The Bertz CT molecular complexity index is 780. The fourth-order valence-electron chi connectivity index (χ4n) is 2.93. The molecule has 0 aliphatic rings. The maximum Gasteiger partial charge on any atom is 0.288 e. The number of imidazole rings is 1. The predicted octanol–water partition coefficient (Wildman–Crippen LogP) is 2.32. The largest absolute Gasteiger partial charge is 0.288 e. The van der Waals surface area contributed by atoms with E-state index in [0.717, 1.165) is 0 Å². The smallest absolute Gasteiger partial charge is 0.233 e. The number of nitrogens with zero attached hydrogens (tertiary/aromatic N) is 3. The Kier molecular flexibility index (Phi) is 3.34. The third kappa shape index (κ3) is 2.25. The van der Waals surface area contributed by atoms with Crippen molar-refractivity contribution in [3.8, 4) is 22.6 Å². The molecule has 0 bridgehead atoms. The normalized spacial score (nSPS) is 10.9. The van der Waals surface area contributed by atoms with Crippen LogP contribution in [0.15, 0.2) is 55.0 Å². The van der Waals surface area contributed by atoms with Gasteiger partial charge in [-0.2, -0.15) is 0 Å². The van der Waals surface area contributed by atoms with Crippen LogP contribution in [0.25, 0.3) is 22.6 Å². The van der Waals surface area contributed by atoms with E-state index in [9.17, 15) is 0 Å². The molecule has 3 heteroatoms. The standard InChI is InChI=1S/C18H21N3/c1-14-15(17-10-5-6-11-19(17)2)8-7-9-16(14)18-20(3)12-13-21(18)4/h5-13H,1-4H3/q+2. The van der Waals surface area contributed by atoms with Gasteiger partial charge in [-0.15, -0.1) is 0 Å². The van der Waals surface area contributed by atoms with Crippen LogP contribution in [0.5, 0.6) is 0 Å². The van der Waals surface area contributed by atoms with Gasteiger partial charge < -0.3 is 0 Å². The molecule has 0 atom stereocenters. The number of benzene rings is 1. The Labute approximate surface area is 125 Å². The lowest BCUT2D eigenvalue weighted by atomic mass is 9.98. The molecule has 0 fully saturated rings. The van der Waals surface area contributed by atoms with E-state index >= 15 is 0 Å². The molecule has 0 amide bonds. The summed E-state index contributed by atoms with van der Waals surface area (Å²) in [6.07, 6.45) is 6.26. The fraction of sp³-hybridized carbons (Fsp3) is 0.222. The van der Waals surface area contributed by atoms with Gasteiger partial charge in [0.15, 0.2) is 6.20 Å². The molecule has 106 valence electrons. The first kappa shape index (κ1) is 13.6. The van der Waals surface area contributed by atoms with Crippen LogP contribution in [-0.2, 0) is 21.1 Å². The van der Waals surface area contributed by atoms with Crippen molar-refractivity contribution in [3.05, 3.63) is 60.6 Å². The summed E-state index contributed by atoms with van der Waals surface area (Å²) in [6, 6.07) is 12.8. The Balaban J connectivity index is 2.24. The number of rotatable bonds is 2. The minimum atomic E-state index is 1.22. The van der Waals surface area contributed by atoms with Gasteiger partial charge in [-0.05, 0) is 30.7 Å². The molecule has 1 aromatic carbocycles. The summed E-state index contributed by atoms with van der Waals surface area (Å²) >= 11 is 0. The molecule has 0 radical (unpaired) electrons. The lowest BCUT2D eigenvalue weighted by Crippen LogP contribution is -2.31. The van der Waals surface area contributed by atoms with E-state index in [-0.39, 0.29) is 0 Å². The molecule has 21 heavy (non-hydrogen) atoms. The van der Waals surface area contributed by atoms with Crippen molar-refractivity contribution in [3.63, 3.8) is 0 Å². The van der Waals surface area contributed by atoms with Crippen LogP contribution in [-0.4, -0.2) is 4.57 Å². The highest BCUT2D eigenvalue weighted by Crippen LogP contribution is 2.28. The van der Waals surface area contributed by atoms with Gasteiger partial charge in [0.05, 0.1) is 19.7 Å². The van der Waals surface area contributed by atoms with Gasteiger partial charge in [0.2, 0.25) is 5.69 Å². The molecule has 0 saturated heterocycles. The second kappa shape index (κ2) is 5.17. The summed E-state index contributed by atoms with van der Waals surface area (Å²) in [5.74, 6) is 1.22. The molecule has 0 aliphatic heterocycles. The zero-order chi connectivity index (χ0) is 15.0. The minimum Gasteiger partial charge on any atom is -0.233 e. The number of pyridine rings is 1. The van der Waals surface area contributed by atoms with Gasteiger partial charge in [0, 0.05) is 17.7 Å². The number of hydrogen-bond donors (Lipinski definition) is 0. The van der Waals surface area contributed by atoms with Crippen LogP contribution in [0.4, 0.5) is 0 Å². The molecule has 0 unspecified atom stereocenters. The average Bonchev–Trinajstić information content (AvgIpc) is 2.80. The summed E-state index contributed by atoms with van der Waals surface area (Å²) in [7, 11) is 6.26. The molecule has 3 nitrogen and oxygen atoms in total. The first-order chi connectivity index (χ1) is 10.1. The van der Waals surface area contributed by atoms with Gasteiger partial charge >= 0.3 is 0 Å². The molecule has 3 rings (SSSR count). The van der Waals surface area contributed by atoms with E-state index < -0.39 is 0 Å². The molecule has 2 heterocycles. The average molecular weight is 279 g/mol. The maximum atomic E-state index is 2.20. The Morgan fingerprint density at radius 1 is 0.857 bits per heavy atom. The van der Waals surface area contributed by atoms with Gasteiger partial charge in [-0.1, -0.05) is 6.07 Å². The van der Waals surface area contributed by atoms with Gasteiger partial charge in [0.1, 0.15) is 19.4 Å². The maximum absolute atomic E-state index is 2.20. The second-order valence-electron chi connectivity index (χ2n) is 5.52. The third-order valence-electron chi connectivity index (χ3n) is 4.09. The van der Waals surface area contributed by atoms with E-state index in [2.05, 4.69) is 96.8 Å². The van der Waals surface area contributed by atoms with Crippen molar-refractivity contribution >= 4 is 0 Å². The van der Waals surface area contributed by atoms with Crippen molar-refractivity contribution in [2.75, 3.05) is 0 Å². The van der Waals surface area contributed by atoms with Gasteiger partial charge in [-0.3, -0.25) is 0 Å². The zero-order valence-electron chi connectivity index (χ0n) is 13.0.